The second-order valence-electron chi connectivity index (χ2n) is 4.47. The Kier molecular flexibility index (Phi) is 6.58. The van der Waals surface area contributed by atoms with Crippen molar-refractivity contribution in [1.29, 1.82) is 0 Å². The van der Waals surface area contributed by atoms with Crippen LogP contribution in [0.1, 0.15) is 33.6 Å². The molecule has 5 heteroatoms. The molecular weight excluding hydrogens is 269 g/mol. The smallest absolute Gasteiger partial charge is 0.147 e. The average molecular weight is 290 g/mol. The minimum absolute atomic E-state index is 0.558. The van der Waals surface area contributed by atoms with Gasteiger partial charge in [0.2, 0.25) is 0 Å². The number of rotatable bonds is 7. The van der Waals surface area contributed by atoms with E-state index in [2.05, 4.69) is 36.4 Å². The number of nitrogens with one attached hydrogen (secondary N) is 2. The highest BCUT2D eigenvalue weighted by atomic mass is 35.5. The molecule has 3 nitrogen and oxygen atoms in total. The highest BCUT2D eigenvalue weighted by Crippen LogP contribution is 2.29. The summed E-state index contributed by atoms with van der Waals surface area (Å²) in [7, 11) is 0. The molecule has 1 aromatic heterocycles. The van der Waals surface area contributed by atoms with Crippen LogP contribution in [0.25, 0.3) is 0 Å². The molecule has 0 saturated heterocycles. The molecule has 2 N–H and O–H groups in total. The minimum atomic E-state index is 0.558. The van der Waals surface area contributed by atoms with Crippen LogP contribution in [-0.2, 0) is 0 Å². The first-order valence-electron chi connectivity index (χ1n) is 6.42. The summed E-state index contributed by atoms with van der Waals surface area (Å²) in [5, 5.41) is 7.57. The van der Waals surface area contributed by atoms with Gasteiger partial charge < -0.3 is 10.6 Å². The largest absolute Gasteiger partial charge is 0.369 e. The molecule has 1 unspecified atom stereocenters. The standard InChI is InChI=1S/C13H21Cl2N3/c1-4-6-16-12-10(14)7-11(15)13(18-12)17-8-9(3)5-2/h7,9H,4-6,8H2,1-3H3,(H2,16,17,18). The Morgan fingerprint density at radius 2 is 1.78 bits per heavy atom. The molecule has 1 atom stereocenters. The van der Waals surface area contributed by atoms with Crippen LogP contribution in [-0.4, -0.2) is 18.1 Å². The van der Waals surface area contributed by atoms with Crippen LogP contribution in [0.5, 0.6) is 0 Å². The molecule has 0 aliphatic rings. The van der Waals surface area contributed by atoms with E-state index >= 15 is 0 Å². The number of hydrogen-bond acceptors (Lipinski definition) is 3. The summed E-state index contributed by atoms with van der Waals surface area (Å²) < 4.78 is 0. The second kappa shape index (κ2) is 7.70. The van der Waals surface area contributed by atoms with E-state index in [1.807, 2.05) is 0 Å². The van der Waals surface area contributed by atoms with E-state index in [-0.39, 0.29) is 0 Å². The van der Waals surface area contributed by atoms with Crippen molar-refractivity contribution >= 4 is 34.8 Å². The molecule has 0 bridgehead atoms. The Bertz CT molecular complexity index is 383. The molecule has 102 valence electrons. The Morgan fingerprint density at radius 1 is 1.17 bits per heavy atom. The summed E-state index contributed by atoms with van der Waals surface area (Å²) in [6, 6.07) is 1.73. The lowest BCUT2D eigenvalue weighted by Crippen LogP contribution is -2.12. The van der Waals surface area contributed by atoms with Gasteiger partial charge in [0, 0.05) is 13.1 Å². The lowest BCUT2D eigenvalue weighted by atomic mass is 10.1. The number of pyridine rings is 1. The third kappa shape index (κ3) is 4.54. The molecular formula is C13H21Cl2N3. The predicted molar refractivity (Wildman–Crippen MR) is 81.0 cm³/mol. The van der Waals surface area contributed by atoms with Crippen LogP contribution in [0.4, 0.5) is 11.6 Å². The Hall–Kier alpha value is -0.670. The number of hydrogen-bond donors (Lipinski definition) is 2. The van der Waals surface area contributed by atoms with Crippen molar-refractivity contribution in [2.24, 2.45) is 5.92 Å². The fourth-order valence-corrected chi connectivity index (χ4v) is 1.87. The molecule has 18 heavy (non-hydrogen) atoms. The first kappa shape index (κ1) is 15.4. The van der Waals surface area contributed by atoms with Gasteiger partial charge in [-0.1, -0.05) is 50.4 Å². The molecule has 1 heterocycles. The number of anilines is 2. The highest BCUT2D eigenvalue weighted by Gasteiger charge is 2.09. The highest BCUT2D eigenvalue weighted by molar-refractivity contribution is 6.37. The summed E-state index contributed by atoms with van der Waals surface area (Å²) in [6.07, 6.45) is 2.15. The zero-order chi connectivity index (χ0) is 13.5. The Balaban J connectivity index is 2.77. The normalized spacial score (nSPS) is 12.3. The fourth-order valence-electron chi connectivity index (χ4n) is 1.37. The second-order valence-corrected chi connectivity index (χ2v) is 5.28. The van der Waals surface area contributed by atoms with Gasteiger partial charge in [-0.3, -0.25) is 0 Å². The monoisotopic (exact) mass is 289 g/mol. The van der Waals surface area contributed by atoms with Crippen molar-refractivity contribution in [2.45, 2.75) is 33.6 Å². The van der Waals surface area contributed by atoms with E-state index in [0.29, 0.717) is 27.6 Å². The maximum atomic E-state index is 6.12. The van der Waals surface area contributed by atoms with Crippen molar-refractivity contribution in [1.82, 2.24) is 4.98 Å². The van der Waals surface area contributed by atoms with Crippen LogP contribution in [0.15, 0.2) is 6.07 Å². The van der Waals surface area contributed by atoms with Gasteiger partial charge in [0.1, 0.15) is 11.6 Å². The summed E-state index contributed by atoms with van der Waals surface area (Å²) >= 11 is 12.2. The first-order valence-corrected chi connectivity index (χ1v) is 7.17. The summed E-state index contributed by atoms with van der Waals surface area (Å²) in [4.78, 5) is 4.43. The van der Waals surface area contributed by atoms with Gasteiger partial charge in [0.25, 0.3) is 0 Å². The van der Waals surface area contributed by atoms with Gasteiger partial charge in [-0.2, -0.15) is 0 Å². The van der Waals surface area contributed by atoms with Crippen molar-refractivity contribution in [3.8, 4) is 0 Å². The summed E-state index contributed by atoms with van der Waals surface area (Å²) in [5.41, 5.74) is 0. The molecule has 0 spiro atoms. The van der Waals surface area contributed by atoms with E-state index < -0.39 is 0 Å². The topological polar surface area (TPSA) is 37.0 Å². The molecule has 1 aromatic rings. The van der Waals surface area contributed by atoms with Gasteiger partial charge in [-0.25, -0.2) is 4.98 Å². The maximum Gasteiger partial charge on any atom is 0.147 e. The molecule has 0 amide bonds. The van der Waals surface area contributed by atoms with Crippen LogP contribution in [0.2, 0.25) is 10.0 Å². The van der Waals surface area contributed by atoms with E-state index in [4.69, 9.17) is 23.2 Å². The van der Waals surface area contributed by atoms with Crippen LogP contribution < -0.4 is 10.6 Å². The zero-order valence-corrected chi connectivity index (χ0v) is 12.7. The van der Waals surface area contributed by atoms with Crippen LogP contribution in [0.3, 0.4) is 0 Å². The van der Waals surface area contributed by atoms with Gasteiger partial charge in [-0.05, 0) is 18.4 Å². The first-order chi connectivity index (χ1) is 8.58. The molecule has 0 fully saturated rings. The van der Waals surface area contributed by atoms with E-state index in [0.717, 1.165) is 25.9 Å². The predicted octanol–water partition coefficient (Wildman–Crippen LogP) is 4.67. The molecule has 0 radical (unpaired) electrons. The number of halogens is 2. The number of aromatic nitrogens is 1. The van der Waals surface area contributed by atoms with Gasteiger partial charge in [0.15, 0.2) is 0 Å². The zero-order valence-electron chi connectivity index (χ0n) is 11.2. The van der Waals surface area contributed by atoms with Crippen molar-refractivity contribution in [2.75, 3.05) is 23.7 Å². The third-order valence-electron chi connectivity index (χ3n) is 2.79. The quantitative estimate of drug-likeness (QED) is 0.766. The fraction of sp³-hybridized carbons (Fsp3) is 0.615. The van der Waals surface area contributed by atoms with Gasteiger partial charge >= 0.3 is 0 Å². The van der Waals surface area contributed by atoms with Gasteiger partial charge in [-0.15, -0.1) is 0 Å². The summed E-state index contributed by atoms with van der Waals surface area (Å²) in [6.45, 7) is 8.15. The maximum absolute atomic E-state index is 6.12. The molecule has 0 aliphatic carbocycles. The lowest BCUT2D eigenvalue weighted by Gasteiger charge is -2.14. The van der Waals surface area contributed by atoms with Crippen LogP contribution in [0, 0.1) is 5.92 Å². The molecule has 1 rings (SSSR count). The van der Waals surface area contributed by atoms with E-state index in [1.54, 1.807) is 6.07 Å². The lowest BCUT2D eigenvalue weighted by molar-refractivity contribution is 0.592. The van der Waals surface area contributed by atoms with Crippen molar-refractivity contribution < 1.29 is 0 Å². The van der Waals surface area contributed by atoms with Crippen molar-refractivity contribution in [3.05, 3.63) is 16.1 Å². The number of nitrogens with zero attached hydrogens (tertiary/aromatic N) is 1. The van der Waals surface area contributed by atoms with Gasteiger partial charge in [0.05, 0.1) is 10.0 Å². The van der Waals surface area contributed by atoms with E-state index in [9.17, 15) is 0 Å². The Morgan fingerprint density at radius 3 is 2.33 bits per heavy atom. The molecule has 0 aromatic carbocycles. The van der Waals surface area contributed by atoms with Crippen LogP contribution >= 0.6 is 23.2 Å². The molecule has 0 saturated carbocycles. The SMILES string of the molecule is CCCNc1nc(NCC(C)CC)c(Cl)cc1Cl. The summed E-state index contributed by atoms with van der Waals surface area (Å²) in [5.74, 6) is 1.97. The minimum Gasteiger partial charge on any atom is -0.369 e. The third-order valence-corrected chi connectivity index (χ3v) is 3.36. The average Bonchev–Trinajstić information content (AvgIpc) is 2.36. The van der Waals surface area contributed by atoms with E-state index in [1.165, 1.54) is 0 Å². The Labute approximate surface area is 119 Å². The molecule has 0 aliphatic heterocycles. The van der Waals surface area contributed by atoms with Crippen molar-refractivity contribution in [3.63, 3.8) is 0 Å².